The van der Waals surface area contributed by atoms with E-state index in [9.17, 15) is 4.39 Å². The molecule has 0 aromatic heterocycles. The van der Waals surface area contributed by atoms with Crippen LogP contribution < -0.4 is 4.74 Å². The van der Waals surface area contributed by atoms with E-state index in [0.29, 0.717) is 23.8 Å². The number of hydrogen-bond acceptors (Lipinski definition) is 1. The van der Waals surface area contributed by atoms with Crippen LogP contribution in [0.3, 0.4) is 0 Å². The summed E-state index contributed by atoms with van der Waals surface area (Å²) in [6.45, 7) is 0.695. The maximum atomic E-state index is 13.0. The highest BCUT2D eigenvalue weighted by Gasteiger charge is 2.14. The maximum absolute atomic E-state index is 13.0. The van der Waals surface area contributed by atoms with Gasteiger partial charge in [0.25, 0.3) is 0 Å². The van der Waals surface area contributed by atoms with Crippen LogP contribution in [0.15, 0.2) is 18.2 Å². The van der Waals surface area contributed by atoms with E-state index in [4.69, 9.17) is 11.2 Å². The summed E-state index contributed by atoms with van der Waals surface area (Å²) in [5.74, 6) is 3.39. The van der Waals surface area contributed by atoms with Gasteiger partial charge in [0.05, 0.1) is 12.2 Å². The molecule has 1 nitrogen and oxygen atoms in total. The van der Waals surface area contributed by atoms with Gasteiger partial charge in [0, 0.05) is 0 Å². The van der Waals surface area contributed by atoms with Crippen LogP contribution in [-0.2, 0) is 0 Å². The largest absolute Gasteiger partial charge is 0.492 e. The first-order valence-electron chi connectivity index (χ1n) is 6.18. The third kappa shape index (κ3) is 3.23. The van der Waals surface area contributed by atoms with Crippen molar-refractivity contribution in [3.8, 4) is 18.1 Å². The molecule has 0 saturated heterocycles. The van der Waals surface area contributed by atoms with Gasteiger partial charge in [-0.3, -0.25) is 0 Å². The summed E-state index contributed by atoms with van der Waals surface area (Å²) in [7, 11) is 0. The van der Waals surface area contributed by atoms with E-state index in [1.165, 1.54) is 44.2 Å². The summed E-state index contributed by atoms with van der Waals surface area (Å²) in [5, 5.41) is 0. The van der Waals surface area contributed by atoms with E-state index in [1.807, 2.05) is 0 Å². The zero-order valence-corrected chi connectivity index (χ0v) is 9.92. The van der Waals surface area contributed by atoms with Crippen molar-refractivity contribution < 1.29 is 9.13 Å². The Morgan fingerprint density at radius 3 is 2.76 bits per heavy atom. The molecule has 0 atom stereocenters. The van der Waals surface area contributed by atoms with Crippen molar-refractivity contribution in [2.45, 2.75) is 32.1 Å². The predicted molar refractivity (Wildman–Crippen MR) is 66.4 cm³/mol. The molecule has 2 rings (SSSR count). The minimum Gasteiger partial charge on any atom is -0.492 e. The summed E-state index contributed by atoms with van der Waals surface area (Å²) in [6.07, 6.45) is 11.7. The van der Waals surface area contributed by atoms with E-state index in [0.717, 1.165) is 0 Å². The van der Waals surface area contributed by atoms with E-state index < -0.39 is 0 Å². The van der Waals surface area contributed by atoms with Gasteiger partial charge in [0.2, 0.25) is 0 Å². The summed E-state index contributed by atoms with van der Waals surface area (Å²) in [6, 6.07) is 4.35. The van der Waals surface area contributed by atoms with Crippen LogP contribution in [0.5, 0.6) is 5.75 Å². The minimum absolute atomic E-state index is 0.317. The fraction of sp³-hybridized carbons (Fsp3) is 0.467. The van der Waals surface area contributed by atoms with Crippen molar-refractivity contribution in [1.29, 1.82) is 0 Å². The number of benzene rings is 1. The van der Waals surface area contributed by atoms with Crippen LogP contribution in [0.4, 0.5) is 4.39 Å². The second-order valence-electron chi connectivity index (χ2n) is 4.60. The molecule has 1 fully saturated rings. The summed E-state index contributed by atoms with van der Waals surface area (Å²) in [4.78, 5) is 0. The molecule has 1 aromatic carbocycles. The average Bonchev–Trinajstić information content (AvgIpc) is 2.38. The van der Waals surface area contributed by atoms with Gasteiger partial charge >= 0.3 is 0 Å². The molecule has 0 bridgehead atoms. The number of halogens is 1. The molecule has 0 aliphatic heterocycles. The van der Waals surface area contributed by atoms with Gasteiger partial charge in [-0.15, -0.1) is 6.42 Å². The molecule has 1 aliphatic carbocycles. The first-order chi connectivity index (χ1) is 8.29. The Balaban J connectivity index is 1.96. The molecule has 90 valence electrons. The first kappa shape index (κ1) is 12.0. The van der Waals surface area contributed by atoms with Gasteiger partial charge < -0.3 is 4.74 Å². The third-order valence-electron chi connectivity index (χ3n) is 3.30. The zero-order valence-electron chi connectivity index (χ0n) is 9.92. The Hall–Kier alpha value is -1.49. The maximum Gasteiger partial charge on any atom is 0.135 e. The zero-order chi connectivity index (χ0) is 12.1. The molecule has 0 amide bonds. The van der Waals surface area contributed by atoms with E-state index >= 15 is 0 Å². The lowest BCUT2D eigenvalue weighted by Gasteiger charge is -2.22. The molecule has 17 heavy (non-hydrogen) atoms. The molecule has 1 aromatic rings. The van der Waals surface area contributed by atoms with E-state index in [-0.39, 0.29) is 5.82 Å². The van der Waals surface area contributed by atoms with Crippen LogP contribution in [0, 0.1) is 24.1 Å². The van der Waals surface area contributed by atoms with Gasteiger partial charge in [0.1, 0.15) is 11.6 Å². The van der Waals surface area contributed by atoms with Gasteiger partial charge in [-0.25, -0.2) is 4.39 Å². The SMILES string of the molecule is C#Cc1cc(F)ccc1OCC1CCCCC1. The van der Waals surface area contributed by atoms with Gasteiger partial charge in [-0.1, -0.05) is 25.2 Å². The summed E-state index contributed by atoms with van der Waals surface area (Å²) < 4.78 is 18.7. The Bertz CT molecular complexity index is 413. The van der Waals surface area contributed by atoms with Gasteiger partial charge in [0.15, 0.2) is 0 Å². The topological polar surface area (TPSA) is 9.23 Å². The summed E-state index contributed by atoms with van der Waals surface area (Å²) in [5.41, 5.74) is 0.501. The van der Waals surface area contributed by atoms with E-state index in [1.54, 1.807) is 6.07 Å². The van der Waals surface area contributed by atoms with Gasteiger partial charge in [-0.2, -0.15) is 0 Å². The Labute approximate surface area is 102 Å². The molecular weight excluding hydrogens is 215 g/mol. The van der Waals surface area contributed by atoms with Gasteiger partial charge in [-0.05, 0) is 37.0 Å². The molecular formula is C15H17FO. The monoisotopic (exact) mass is 232 g/mol. The van der Waals surface area contributed by atoms with Crippen LogP contribution in [0.2, 0.25) is 0 Å². The highest BCUT2D eigenvalue weighted by atomic mass is 19.1. The van der Waals surface area contributed by atoms with Crippen LogP contribution >= 0.6 is 0 Å². The van der Waals surface area contributed by atoms with Crippen molar-refractivity contribution in [3.05, 3.63) is 29.6 Å². The van der Waals surface area contributed by atoms with Crippen LogP contribution in [0.25, 0.3) is 0 Å². The van der Waals surface area contributed by atoms with Crippen molar-refractivity contribution in [2.24, 2.45) is 5.92 Å². The molecule has 0 radical (unpaired) electrons. The van der Waals surface area contributed by atoms with Crippen molar-refractivity contribution in [2.75, 3.05) is 6.61 Å². The molecule has 0 spiro atoms. The van der Waals surface area contributed by atoms with Crippen LogP contribution in [0.1, 0.15) is 37.7 Å². The normalized spacial score (nSPS) is 16.5. The lowest BCUT2D eigenvalue weighted by atomic mass is 9.90. The number of hydrogen-bond donors (Lipinski definition) is 0. The quantitative estimate of drug-likeness (QED) is 0.721. The first-order valence-corrected chi connectivity index (χ1v) is 6.18. The number of terminal acetylenes is 1. The highest BCUT2D eigenvalue weighted by molar-refractivity contribution is 5.45. The highest BCUT2D eigenvalue weighted by Crippen LogP contribution is 2.26. The molecule has 2 heteroatoms. The fourth-order valence-electron chi connectivity index (χ4n) is 2.30. The van der Waals surface area contributed by atoms with Crippen molar-refractivity contribution in [1.82, 2.24) is 0 Å². The molecule has 1 saturated carbocycles. The smallest absolute Gasteiger partial charge is 0.135 e. The third-order valence-corrected chi connectivity index (χ3v) is 3.30. The standard InChI is InChI=1S/C15H17FO/c1-2-13-10-14(16)8-9-15(13)17-11-12-6-4-3-5-7-12/h1,8-10,12H,3-7,11H2. The van der Waals surface area contributed by atoms with Crippen molar-refractivity contribution in [3.63, 3.8) is 0 Å². The molecule has 1 aliphatic rings. The lowest BCUT2D eigenvalue weighted by Crippen LogP contribution is -2.15. The van der Waals surface area contributed by atoms with Crippen LogP contribution in [-0.4, -0.2) is 6.61 Å². The average molecular weight is 232 g/mol. The Kier molecular flexibility index (Phi) is 4.03. The number of ether oxygens (including phenoxy) is 1. The molecule has 0 unspecified atom stereocenters. The predicted octanol–water partition coefficient (Wildman–Crippen LogP) is 3.77. The molecule has 0 heterocycles. The molecule has 0 N–H and O–H groups in total. The van der Waals surface area contributed by atoms with E-state index in [2.05, 4.69) is 5.92 Å². The summed E-state index contributed by atoms with van der Waals surface area (Å²) >= 11 is 0. The fourth-order valence-corrected chi connectivity index (χ4v) is 2.30. The lowest BCUT2D eigenvalue weighted by molar-refractivity contribution is 0.208. The number of rotatable bonds is 3. The van der Waals surface area contributed by atoms with Crippen molar-refractivity contribution >= 4 is 0 Å². The second kappa shape index (κ2) is 5.72. The Morgan fingerprint density at radius 2 is 2.06 bits per heavy atom. The minimum atomic E-state index is -0.317. The second-order valence-corrected chi connectivity index (χ2v) is 4.60. The Morgan fingerprint density at radius 1 is 1.29 bits per heavy atom.